The van der Waals surface area contributed by atoms with Gasteiger partial charge in [0, 0.05) is 22.4 Å². The maximum absolute atomic E-state index is 8.55. The SMILES string of the molecule is O=P([O-])([O-])[O-].O=P([O-])([O-])[O-].[Ag].[Ca+2].[Ca+2].[Ca+2]. The van der Waals surface area contributed by atoms with E-state index < -0.39 is 15.6 Å². The molecule has 0 aliphatic heterocycles. The first-order valence-corrected chi connectivity index (χ1v) is 4.38. The van der Waals surface area contributed by atoms with Gasteiger partial charge in [0.1, 0.15) is 0 Å². The molecule has 0 aromatic rings. The van der Waals surface area contributed by atoms with Gasteiger partial charge in [0.25, 0.3) is 0 Å². The fraction of sp³-hybridized carbons (Fsp3) is 0. The van der Waals surface area contributed by atoms with E-state index in [0.29, 0.717) is 0 Å². The molecule has 14 heavy (non-hydrogen) atoms. The number of phosphoric acid groups is 2. The largest absolute Gasteiger partial charge is 2.00 e. The molecule has 0 saturated heterocycles. The van der Waals surface area contributed by atoms with Gasteiger partial charge in [-0.3, -0.25) is 0 Å². The van der Waals surface area contributed by atoms with Gasteiger partial charge in [-0.2, -0.15) is 15.6 Å². The maximum atomic E-state index is 8.55. The Morgan fingerprint density at radius 1 is 0.571 bits per heavy atom. The summed E-state index contributed by atoms with van der Waals surface area (Å²) in [5, 5.41) is 0. The summed E-state index contributed by atoms with van der Waals surface area (Å²) in [6.45, 7) is 0. The molecule has 0 spiro atoms. The molecular weight excluding hydrogens is 418 g/mol. The molecule has 8 nitrogen and oxygen atoms in total. The van der Waals surface area contributed by atoms with E-state index >= 15 is 0 Å². The van der Waals surface area contributed by atoms with Gasteiger partial charge >= 0.3 is 113 Å². The molecule has 0 saturated carbocycles. The van der Waals surface area contributed by atoms with Crippen LogP contribution in [0.5, 0.6) is 0 Å². The Labute approximate surface area is 185 Å². The predicted octanol–water partition coefficient (Wildman–Crippen LogP) is -6.79. The van der Waals surface area contributed by atoms with Crippen LogP contribution in [0.2, 0.25) is 0 Å². The minimum Gasteiger partial charge on any atom is -0.822 e. The van der Waals surface area contributed by atoms with Gasteiger partial charge in [0.2, 0.25) is 0 Å². The minimum absolute atomic E-state index is 0. The topological polar surface area (TPSA) is 172 Å². The number of rotatable bonds is 0. The zero-order valence-electron chi connectivity index (χ0n) is 6.58. The molecule has 0 amide bonds. The van der Waals surface area contributed by atoms with E-state index in [1.54, 1.807) is 0 Å². The van der Waals surface area contributed by atoms with Gasteiger partial charge in [0.05, 0.1) is 0 Å². The van der Waals surface area contributed by atoms with Gasteiger partial charge in [0.15, 0.2) is 0 Å². The van der Waals surface area contributed by atoms with Crippen LogP contribution in [0.15, 0.2) is 0 Å². The van der Waals surface area contributed by atoms with Crippen LogP contribution < -0.4 is 29.4 Å². The summed E-state index contributed by atoms with van der Waals surface area (Å²) in [6, 6.07) is 0. The monoisotopic (exact) mass is 417 g/mol. The average molecular weight is 418 g/mol. The minimum atomic E-state index is -5.39. The summed E-state index contributed by atoms with van der Waals surface area (Å²) in [5.41, 5.74) is 0. The molecule has 14 heteroatoms. The summed E-state index contributed by atoms with van der Waals surface area (Å²) >= 11 is 0. The first-order valence-electron chi connectivity index (χ1n) is 1.46. The quantitative estimate of drug-likeness (QED) is 0.276. The van der Waals surface area contributed by atoms with Gasteiger partial charge < -0.3 is 38.5 Å². The van der Waals surface area contributed by atoms with Gasteiger partial charge in [-0.15, -0.1) is 0 Å². The van der Waals surface area contributed by atoms with Crippen LogP contribution in [0.4, 0.5) is 0 Å². The van der Waals surface area contributed by atoms with Crippen molar-refractivity contribution in [3.05, 3.63) is 0 Å². The van der Waals surface area contributed by atoms with E-state index in [1.807, 2.05) is 0 Å². The van der Waals surface area contributed by atoms with E-state index in [9.17, 15) is 0 Å². The van der Waals surface area contributed by atoms with Crippen LogP contribution in [0, 0.1) is 0 Å². The van der Waals surface area contributed by atoms with Gasteiger partial charge in [-0.1, -0.05) is 0 Å². The van der Waals surface area contributed by atoms with Crippen molar-refractivity contribution in [3.8, 4) is 0 Å². The van der Waals surface area contributed by atoms with E-state index in [-0.39, 0.29) is 136 Å². The molecule has 0 aromatic carbocycles. The molecule has 0 aliphatic rings. The molecule has 0 rings (SSSR count). The Hall–Kier alpha value is 4.74. The van der Waals surface area contributed by atoms with Crippen molar-refractivity contribution in [3.63, 3.8) is 0 Å². The van der Waals surface area contributed by atoms with Crippen LogP contribution in [0.25, 0.3) is 0 Å². The Kier molecular flexibility index (Phi) is 46.0. The molecule has 0 unspecified atom stereocenters. The van der Waals surface area contributed by atoms with Gasteiger partial charge in [-0.25, -0.2) is 0 Å². The molecular formula is AgCa3O8P2. The zero-order chi connectivity index (χ0) is 9.00. The molecule has 75 valence electrons. The Bertz CT molecular complexity index is 135. The van der Waals surface area contributed by atoms with Crippen LogP contribution in [-0.4, -0.2) is 113 Å². The van der Waals surface area contributed by atoms with Crippen molar-refractivity contribution in [2.45, 2.75) is 0 Å². The first kappa shape index (κ1) is 36.3. The fourth-order valence-corrected chi connectivity index (χ4v) is 0. The smallest absolute Gasteiger partial charge is 0.822 e. The second kappa shape index (κ2) is 17.7. The summed E-state index contributed by atoms with van der Waals surface area (Å²) in [7, 11) is -10.8. The van der Waals surface area contributed by atoms with Crippen LogP contribution >= 0.6 is 15.6 Å². The van der Waals surface area contributed by atoms with E-state index in [4.69, 9.17) is 38.5 Å². The molecule has 0 bridgehead atoms. The van der Waals surface area contributed by atoms with Crippen LogP contribution in [0.3, 0.4) is 0 Å². The third kappa shape index (κ3) is 185. The molecule has 0 heterocycles. The number of hydrogen-bond acceptors (Lipinski definition) is 8. The second-order valence-corrected chi connectivity index (χ2v) is 2.68. The predicted molar refractivity (Wildman–Crippen MR) is 32.5 cm³/mol. The third-order valence-electron chi connectivity index (χ3n) is 0. The second-order valence-electron chi connectivity index (χ2n) is 0.894. The van der Waals surface area contributed by atoms with Crippen molar-refractivity contribution in [2.75, 3.05) is 0 Å². The summed E-state index contributed by atoms with van der Waals surface area (Å²) in [6.07, 6.45) is 0. The molecule has 1 radical (unpaired) electrons. The Morgan fingerprint density at radius 3 is 0.571 bits per heavy atom. The van der Waals surface area contributed by atoms with Crippen molar-refractivity contribution < 1.29 is 60.9 Å². The van der Waals surface area contributed by atoms with E-state index in [1.165, 1.54) is 0 Å². The van der Waals surface area contributed by atoms with E-state index in [0.717, 1.165) is 0 Å². The van der Waals surface area contributed by atoms with Crippen molar-refractivity contribution >= 4 is 129 Å². The van der Waals surface area contributed by atoms with E-state index in [2.05, 4.69) is 0 Å². The number of hydrogen-bond donors (Lipinski definition) is 0. The Morgan fingerprint density at radius 2 is 0.571 bits per heavy atom. The zero-order valence-corrected chi connectivity index (χ0v) is 16.5. The fourth-order valence-electron chi connectivity index (χ4n) is 0. The first-order chi connectivity index (χ1) is 4.00. The van der Waals surface area contributed by atoms with Crippen molar-refractivity contribution in [1.82, 2.24) is 0 Å². The summed E-state index contributed by atoms with van der Waals surface area (Å²) < 4.78 is 17.1. The average Bonchev–Trinajstić information content (AvgIpc) is 1.12. The normalized spacial score (nSPS) is 8.43. The van der Waals surface area contributed by atoms with Crippen molar-refractivity contribution in [2.24, 2.45) is 0 Å². The van der Waals surface area contributed by atoms with Crippen LogP contribution in [0.1, 0.15) is 0 Å². The van der Waals surface area contributed by atoms with Crippen LogP contribution in [-0.2, 0) is 31.5 Å². The van der Waals surface area contributed by atoms with Gasteiger partial charge in [-0.05, 0) is 0 Å². The maximum Gasteiger partial charge on any atom is 2.00 e. The summed E-state index contributed by atoms with van der Waals surface area (Å²) in [4.78, 5) is 51.3. The summed E-state index contributed by atoms with van der Waals surface area (Å²) in [5.74, 6) is 0. The molecule has 0 atom stereocenters. The molecule has 0 fully saturated rings. The molecule has 0 aliphatic carbocycles. The third-order valence-corrected chi connectivity index (χ3v) is 0. The molecule has 0 N–H and O–H groups in total. The standard InChI is InChI=1S/Ag.3Ca.2H3O4P/c;;;;2*1-5(2,3)4/h;;;;2*(H3,1,2,3,4)/q;3*+2;;/p-6. The Balaban J connectivity index is -0.0000000178. The van der Waals surface area contributed by atoms with Crippen molar-refractivity contribution in [1.29, 1.82) is 0 Å². The molecule has 0 aromatic heterocycles.